The molecule has 0 atom stereocenters. The largest absolute Gasteiger partial charge is 0.490 e. The molecule has 106 valence electrons. The van der Waals surface area contributed by atoms with Gasteiger partial charge in [-0.3, -0.25) is 9.52 Å². The summed E-state index contributed by atoms with van der Waals surface area (Å²) in [5.41, 5.74) is 0.0856. The molecule has 0 aliphatic carbocycles. The predicted octanol–water partition coefficient (Wildman–Crippen LogP) is 2.33. The second-order valence-electron chi connectivity index (χ2n) is 3.45. The number of nitrogens with one attached hydrogen (secondary N) is 1. The SMILES string of the molecule is CCOc1c(Br)cc(Cl)cc1NS(=O)(=O)CC(=O)O. The van der Waals surface area contributed by atoms with Crippen molar-refractivity contribution >= 4 is 49.2 Å². The Labute approximate surface area is 123 Å². The van der Waals surface area contributed by atoms with Gasteiger partial charge < -0.3 is 9.84 Å². The van der Waals surface area contributed by atoms with Crippen molar-refractivity contribution in [3.63, 3.8) is 0 Å². The highest BCUT2D eigenvalue weighted by Gasteiger charge is 2.19. The van der Waals surface area contributed by atoms with Crippen LogP contribution in [0.25, 0.3) is 0 Å². The Bertz CT molecular complexity index is 590. The highest BCUT2D eigenvalue weighted by molar-refractivity contribution is 9.10. The molecule has 0 spiro atoms. The third-order valence-corrected chi connectivity index (χ3v) is 3.84. The molecule has 6 nitrogen and oxygen atoms in total. The van der Waals surface area contributed by atoms with E-state index in [-0.39, 0.29) is 16.5 Å². The van der Waals surface area contributed by atoms with Crippen LogP contribution in [0.5, 0.6) is 5.75 Å². The molecule has 1 aromatic carbocycles. The molecule has 0 fully saturated rings. The number of hydrogen-bond acceptors (Lipinski definition) is 4. The molecule has 0 aliphatic rings. The van der Waals surface area contributed by atoms with Gasteiger partial charge in [0.15, 0.2) is 11.5 Å². The molecule has 0 unspecified atom stereocenters. The van der Waals surface area contributed by atoms with Gasteiger partial charge >= 0.3 is 5.97 Å². The van der Waals surface area contributed by atoms with Crippen molar-refractivity contribution in [2.45, 2.75) is 6.92 Å². The number of carbonyl (C=O) groups is 1. The summed E-state index contributed by atoms with van der Waals surface area (Å²) in [6, 6.07) is 2.89. The van der Waals surface area contributed by atoms with E-state index in [1.807, 2.05) is 0 Å². The molecule has 0 radical (unpaired) electrons. The van der Waals surface area contributed by atoms with Crippen LogP contribution in [0.3, 0.4) is 0 Å². The average Bonchev–Trinajstić information content (AvgIpc) is 2.20. The standard InChI is InChI=1S/C10H11BrClNO5S/c1-2-18-10-7(11)3-6(12)4-8(10)13-19(16,17)5-9(14)15/h3-4,13H,2,5H2,1H3,(H,14,15). The number of rotatable bonds is 6. The molecule has 0 aromatic heterocycles. The molecule has 1 rings (SSSR count). The number of halogens is 2. The van der Waals surface area contributed by atoms with E-state index in [4.69, 9.17) is 21.4 Å². The molecule has 0 amide bonds. The molecule has 0 bridgehead atoms. The number of anilines is 1. The Kier molecular flexibility index (Phi) is 5.45. The number of carboxylic acids is 1. The van der Waals surface area contributed by atoms with E-state index in [0.717, 1.165) is 0 Å². The molecule has 9 heteroatoms. The van der Waals surface area contributed by atoms with Crippen molar-refractivity contribution in [1.29, 1.82) is 0 Å². The molecule has 0 saturated heterocycles. The molecular formula is C10H11BrClNO5S. The van der Waals surface area contributed by atoms with Crippen LogP contribution in [-0.2, 0) is 14.8 Å². The number of ether oxygens (including phenoxy) is 1. The summed E-state index contributed by atoms with van der Waals surface area (Å²) in [7, 11) is -4.02. The van der Waals surface area contributed by atoms with E-state index in [1.54, 1.807) is 13.0 Å². The number of hydrogen-bond donors (Lipinski definition) is 2. The first-order valence-corrected chi connectivity index (χ1v) is 7.91. The van der Waals surface area contributed by atoms with Gasteiger partial charge in [0, 0.05) is 5.02 Å². The number of aliphatic carboxylic acids is 1. The molecule has 0 aliphatic heterocycles. The molecule has 1 aromatic rings. The maximum Gasteiger partial charge on any atom is 0.320 e. The average molecular weight is 373 g/mol. The lowest BCUT2D eigenvalue weighted by Gasteiger charge is -2.14. The summed E-state index contributed by atoms with van der Waals surface area (Å²) >= 11 is 9.02. The van der Waals surface area contributed by atoms with Gasteiger partial charge in [-0.1, -0.05) is 11.6 Å². The van der Waals surface area contributed by atoms with Gasteiger partial charge in [-0.2, -0.15) is 0 Å². The summed E-state index contributed by atoms with van der Waals surface area (Å²) in [4.78, 5) is 10.5. The van der Waals surface area contributed by atoms with Gasteiger partial charge in [0.1, 0.15) is 0 Å². The smallest absolute Gasteiger partial charge is 0.320 e. The van der Waals surface area contributed by atoms with Crippen molar-refractivity contribution in [2.75, 3.05) is 17.1 Å². The quantitative estimate of drug-likeness (QED) is 0.799. The minimum atomic E-state index is -4.02. The summed E-state index contributed by atoms with van der Waals surface area (Å²) in [6.07, 6.45) is 0. The second-order valence-corrected chi connectivity index (χ2v) is 6.47. The van der Waals surface area contributed by atoms with Gasteiger partial charge in [-0.25, -0.2) is 8.42 Å². The van der Waals surface area contributed by atoms with Crippen LogP contribution in [0.4, 0.5) is 5.69 Å². The lowest BCUT2D eigenvalue weighted by Crippen LogP contribution is -2.22. The molecule has 2 N–H and O–H groups in total. The maximum absolute atomic E-state index is 11.6. The monoisotopic (exact) mass is 371 g/mol. The lowest BCUT2D eigenvalue weighted by molar-refractivity contribution is -0.134. The number of carboxylic acid groups (broad SMARTS) is 1. The van der Waals surface area contributed by atoms with Crippen molar-refractivity contribution in [3.8, 4) is 5.75 Å². The third kappa shape index (κ3) is 4.88. The van der Waals surface area contributed by atoms with Crippen molar-refractivity contribution in [1.82, 2.24) is 0 Å². The Morgan fingerprint density at radius 1 is 1.53 bits per heavy atom. The first-order chi connectivity index (χ1) is 8.75. The van der Waals surface area contributed by atoms with Crippen LogP contribution >= 0.6 is 27.5 Å². The maximum atomic E-state index is 11.6. The van der Waals surface area contributed by atoms with Gasteiger partial charge in [0.25, 0.3) is 0 Å². The Morgan fingerprint density at radius 2 is 2.16 bits per heavy atom. The second kappa shape index (κ2) is 6.44. The summed E-state index contributed by atoms with van der Waals surface area (Å²) in [5.74, 6) is -2.24. The number of sulfonamides is 1. The van der Waals surface area contributed by atoms with Crippen LogP contribution in [0, 0.1) is 0 Å². The first-order valence-electron chi connectivity index (χ1n) is 5.09. The van der Waals surface area contributed by atoms with Crippen molar-refractivity contribution in [3.05, 3.63) is 21.6 Å². The Morgan fingerprint density at radius 3 is 2.68 bits per heavy atom. The fourth-order valence-corrected chi connectivity index (χ4v) is 3.10. The molecule has 0 heterocycles. The van der Waals surface area contributed by atoms with E-state index in [1.165, 1.54) is 6.07 Å². The summed E-state index contributed by atoms with van der Waals surface area (Å²) < 4.78 is 31.1. The fraction of sp³-hybridized carbons (Fsp3) is 0.300. The van der Waals surface area contributed by atoms with Crippen LogP contribution in [0.1, 0.15) is 6.92 Å². The van der Waals surface area contributed by atoms with Gasteiger partial charge in [-0.15, -0.1) is 0 Å². The van der Waals surface area contributed by atoms with Crippen molar-refractivity contribution < 1.29 is 23.1 Å². The Hall–Kier alpha value is -0.990. The van der Waals surface area contributed by atoms with Crippen LogP contribution in [-0.4, -0.2) is 31.9 Å². The zero-order valence-electron chi connectivity index (χ0n) is 9.81. The van der Waals surface area contributed by atoms with Gasteiger partial charge in [0.2, 0.25) is 10.0 Å². The van der Waals surface area contributed by atoms with E-state index in [9.17, 15) is 13.2 Å². The minimum Gasteiger partial charge on any atom is -0.490 e. The summed E-state index contributed by atoms with van der Waals surface area (Å²) in [5, 5.41) is 8.80. The highest BCUT2D eigenvalue weighted by atomic mass is 79.9. The van der Waals surface area contributed by atoms with E-state index in [0.29, 0.717) is 11.1 Å². The first kappa shape index (κ1) is 16.1. The van der Waals surface area contributed by atoms with E-state index >= 15 is 0 Å². The van der Waals surface area contributed by atoms with Gasteiger partial charge in [-0.05, 0) is 35.0 Å². The van der Waals surface area contributed by atoms with E-state index in [2.05, 4.69) is 20.7 Å². The van der Waals surface area contributed by atoms with Crippen LogP contribution < -0.4 is 9.46 Å². The molecular weight excluding hydrogens is 362 g/mol. The Balaban J connectivity index is 3.16. The topological polar surface area (TPSA) is 92.7 Å². The van der Waals surface area contributed by atoms with Gasteiger partial charge in [0.05, 0.1) is 16.8 Å². The molecule has 0 saturated carbocycles. The van der Waals surface area contributed by atoms with Crippen LogP contribution in [0.2, 0.25) is 5.02 Å². The predicted molar refractivity (Wildman–Crippen MR) is 75.4 cm³/mol. The third-order valence-electron chi connectivity index (χ3n) is 1.88. The van der Waals surface area contributed by atoms with Crippen molar-refractivity contribution in [2.24, 2.45) is 0 Å². The zero-order chi connectivity index (χ0) is 14.6. The summed E-state index contributed by atoms with van der Waals surface area (Å²) in [6.45, 7) is 2.05. The normalized spacial score (nSPS) is 11.1. The van der Waals surface area contributed by atoms with Crippen LogP contribution in [0.15, 0.2) is 16.6 Å². The minimum absolute atomic E-state index is 0.0856. The fourth-order valence-electron chi connectivity index (χ4n) is 1.29. The number of benzene rings is 1. The van der Waals surface area contributed by atoms with E-state index < -0.39 is 21.7 Å². The molecule has 19 heavy (non-hydrogen) atoms. The zero-order valence-corrected chi connectivity index (χ0v) is 13.0. The highest BCUT2D eigenvalue weighted by Crippen LogP contribution is 2.37. The lowest BCUT2D eigenvalue weighted by atomic mass is 10.3.